The van der Waals surface area contributed by atoms with Gasteiger partial charge in [0.2, 0.25) is 0 Å². The first-order chi connectivity index (χ1) is 8.54. The number of methoxy groups -OCH3 is 1. The van der Waals surface area contributed by atoms with E-state index in [1.54, 1.807) is 11.8 Å². The summed E-state index contributed by atoms with van der Waals surface area (Å²) in [5.74, 6) is 0.614. The summed E-state index contributed by atoms with van der Waals surface area (Å²) in [5.41, 5.74) is 5.08. The molecule has 3 atom stereocenters. The fraction of sp³-hybridized carbons (Fsp3) is 0.818. The normalized spacial score (nSPS) is 26.9. The number of urea groups is 1. The second-order valence-electron chi connectivity index (χ2n) is 4.25. The molecule has 1 fully saturated rings. The van der Waals surface area contributed by atoms with Gasteiger partial charge >= 0.3 is 12.0 Å². The van der Waals surface area contributed by atoms with Gasteiger partial charge in [-0.3, -0.25) is 4.79 Å². The van der Waals surface area contributed by atoms with Gasteiger partial charge in [-0.2, -0.15) is 11.8 Å². The SMILES string of the molecule is COC(=O)CCCCC1SCC(NC(N)=O)C1Cl. The lowest BCUT2D eigenvalue weighted by molar-refractivity contribution is -0.140. The van der Waals surface area contributed by atoms with Crippen molar-refractivity contribution in [3.8, 4) is 0 Å². The van der Waals surface area contributed by atoms with Crippen LogP contribution in [0.1, 0.15) is 25.7 Å². The first-order valence-corrected chi connectivity index (χ1v) is 7.41. The van der Waals surface area contributed by atoms with E-state index in [1.807, 2.05) is 0 Å². The van der Waals surface area contributed by atoms with E-state index >= 15 is 0 Å². The Morgan fingerprint density at radius 2 is 2.22 bits per heavy atom. The highest BCUT2D eigenvalue weighted by molar-refractivity contribution is 8.00. The van der Waals surface area contributed by atoms with E-state index in [2.05, 4.69) is 10.1 Å². The number of rotatable bonds is 6. The number of primary amides is 1. The van der Waals surface area contributed by atoms with Crippen molar-refractivity contribution in [3.05, 3.63) is 0 Å². The third-order valence-electron chi connectivity index (χ3n) is 2.90. The second kappa shape index (κ2) is 7.74. The van der Waals surface area contributed by atoms with Crippen LogP contribution >= 0.6 is 23.4 Å². The van der Waals surface area contributed by atoms with Crippen LogP contribution in [0.4, 0.5) is 4.79 Å². The van der Waals surface area contributed by atoms with Gasteiger partial charge in [0.1, 0.15) is 0 Å². The molecule has 0 aromatic carbocycles. The lowest BCUT2D eigenvalue weighted by Gasteiger charge is -2.17. The molecule has 104 valence electrons. The van der Waals surface area contributed by atoms with Crippen LogP contribution in [-0.2, 0) is 9.53 Å². The predicted molar refractivity (Wildman–Crippen MR) is 72.9 cm³/mol. The topological polar surface area (TPSA) is 81.4 Å². The Morgan fingerprint density at radius 3 is 2.83 bits per heavy atom. The highest BCUT2D eigenvalue weighted by Gasteiger charge is 2.35. The highest BCUT2D eigenvalue weighted by atomic mass is 35.5. The maximum Gasteiger partial charge on any atom is 0.312 e. The van der Waals surface area contributed by atoms with Crippen LogP contribution in [0.5, 0.6) is 0 Å². The van der Waals surface area contributed by atoms with Crippen LogP contribution in [0.2, 0.25) is 0 Å². The van der Waals surface area contributed by atoms with Gasteiger partial charge in [0.05, 0.1) is 18.5 Å². The molecule has 0 aromatic rings. The molecule has 1 aliphatic rings. The molecule has 3 unspecified atom stereocenters. The van der Waals surface area contributed by atoms with E-state index in [1.165, 1.54) is 7.11 Å². The molecule has 0 spiro atoms. The molecule has 1 rings (SSSR count). The van der Waals surface area contributed by atoms with E-state index in [4.69, 9.17) is 17.3 Å². The Morgan fingerprint density at radius 1 is 1.50 bits per heavy atom. The maximum atomic E-state index is 10.9. The third kappa shape index (κ3) is 4.94. The second-order valence-corrected chi connectivity index (χ2v) is 6.03. The third-order valence-corrected chi connectivity index (χ3v) is 5.17. The quantitative estimate of drug-likeness (QED) is 0.442. The number of amides is 2. The van der Waals surface area contributed by atoms with E-state index < -0.39 is 6.03 Å². The molecule has 0 radical (unpaired) electrons. The van der Waals surface area contributed by atoms with Crippen molar-refractivity contribution < 1.29 is 14.3 Å². The highest BCUT2D eigenvalue weighted by Crippen LogP contribution is 2.34. The van der Waals surface area contributed by atoms with E-state index in [0.29, 0.717) is 11.7 Å². The molecular weight excluding hydrogens is 276 g/mol. The molecule has 1 aliphatic heterocycles. The summed E-state index contributed by atoms with van der Waals surface area (Å²) >= 11 is 8.02. The molecule has 0 aliphatic carbocycles. The number of thioether (sulfide) groups is 1. The standard InChI is InChI=1S/C11H19ClN2O3S/c1-17-9(15)5-3-2-4-8-10(12)7(6-18-8)14-11(13)16/h7-8,10H,2-6H2,1H3,(H3,13,14,16). The Hall–Kier alpha value is -0.620. The summed E-state index contributed by atoms with van der Waals surface area (Å²) in [6, 6.07) is -0.586. The van der Waals surface area contributed by atoms with Gasteiger partial charge in [0.25, 0.3) is 0 Å². The molecule has 2 amide bonds. The number of esters is 1. The molecule has 0 saturated carbocycles. The van der Waals surface area contributed by atoms with Crippen molar-refractivity contribution >= 4 is 35.4 Å². The maximum absolute atomic E-state index is 10.9. The number of nitrogens with one attached hydrogen (secondary N) is 1. The fourth-order valence-electron chi connectivity index (χ4n) is 1.93. The minimum atomic E-state index is -0.530. The van der Waals surface area contributed by atoms with Crippen LogP contribution < -0.4 is 11.1 Å². The van der Waals surface area contributed by atoms with Gasteiger partial charge in [-0.25, -0.2) is 4.79 Å². The summed E-state index contributed by atoms with van der Waals surface area (Å²) < 4.78 is 4.57. The first kappa shape index (κ1) is 15.4. The minimum Gasteiger partial charge on any atom is -0.469 e. The molecule has 5 nitrogen and oxygen atoms in total. The van der Waals surface area contributed by atoms with Gasteiger partial charge < -0.3 is 15.8 Å². The van der Waals surface area contributed by atoms with Crippen molar-refractivity contribution in [2.45, 2.75) is 42.4 Å². The lowest BCUT2D eigenvalue weighted by atomic mass is 10.1. The molecule has 0 aromatic heterocycles. The van der Waals surface area contributed by atoms with Gasteiger partial charge in [-0.15, -0.1) is 11.6 Å². The summed E-state index contributed by atoms with van der Waals surface area (Å²) in [7, 11) is 1.39. The van der Waals surface area contributed by atoms with E-state index in [0.717, 1.165) is 25.0 Å². The number of hydrogen-bond acceptors (Lipinski definition) is 4. The number of halogens is 1. The molecule has 3 N–H and O–H groups in total. The van der Waals surface area contributed by atoms with Crippen molar-refractivity contribution in [1.29, 1.82) is 0 Å². The summed E-state index contributed by atoms with van der Waals surface area (Å²) in [6.45, 7) is 0. The van der Waals surface area contributed by atoms with Crippen LogP contribution in [0.3, 0.4) is 0 Å². The Kier molecular flexibility index (Phi) is 6.63. The van der Waals surface area contributed by atoms with Crippen molar-refractivity contribution in [2.24, 2.45) is 5.73 Å². The average Bonchev–Trinajstić information content (AvgIpc) is 2.66. The first-order valence-electron chi connectivity index (χ1n) is 5.93. The number of unbranched alkanes of at least 4 members (excludes halogenated alkanes) is 1. The van der Waals surface area contributed by atoms with E-state index in [9.17, 15) is 9.59 Å². The zero-order valence-corrected chi connectivity index (χ0v) is 11.9. The summed E-state index contributed by atoms with van der Waals surface area (Å²) in [4.78, 5) is 21.7. The van der Waals surface area contributed by atoms with E-state index in [-0.39, 0.29) is 17.4 Å². The van der Waals surface area contributed by atoms with Gasteiger partial charge in [-0.05, 0) is 12.8 Å². The number of ether oxygens (including phenoxy) is 1. The fourth-order valence-corrected chi connectivity index (χ4v) is 3.99. The molecule has 7 heteroatoms. The number of hydrogen-bond donors (Lipinski definition) is 2. The Bertz CT molecular complexity index is 304. The van der Waals surface area contributed by atoms with Gasteiger partial charge in [-0.1, -0.05) is 6.42 Å². The number of alkyl halides is 1. The van der Waals surface area contributed by atoms with Crippen LogP contribution in [0.15, 0.2) is 0 Å². The van der Waals surface area contributed by atoms with Crippen LogP contribution in [0.25, 0.3) is 0 Å². The Balaban J connectivity index is 2.20. The van der Waals surface area contributed by atoms with Crippen molar-refractivity contribution in [3.63, 3.8) is 0 Å². The van der Waals surface area contributed by atoms with Crippen molar-refractivity contribution in [2.75, 3.05) is 12.9 Å². The zero-order valence-electron chi connectivity index (χ0n) is 10.4. The van der Waals surface area contributed by atoms with Crippen molar-refractivity contribution in [1.82, 2.24) is 5.32 Å². The van der Waals surface area contributed by atoms with Crippen LogP contribution in [0, 0.1) is 0 Å². The molecule has 0 bridgehead atoms. The average molecular weight is 295 g/mol. The molecule has 1 heterocycles. The molecule has 1 saturated heterocycles. The largest absolute Gasteiger partial charge is 0.469 e. The van der Waals surface area contributed by atoms with Gasteiger partial charge in [0.15, 0.2) is 0 Å². The lowest BCUT2D eigenvalue weighted by Crippen LogP contribution is -2.44. The number of carbonyl (C=O) groups is 2. The Labute approximate surface area is 116 Å². The number of nitrogens with two attached hydrogens (primary N) is 1. The van der Waals surface area contributed by atoms with Gasteiger partial charge in [0, 0.05) is 17.4 Å². The zero-order chi connectivity index (χ0) is 13.5. The molecule has 18 heavy (non-hydrogen) atoms. The monoisotopic (exact) mass is 294 g/mol. The smallest absolute Gasteiger partial charge is 0.312 e. The summed E-state index contributed by atoms with van der Waals surface area (Å²) in [6.07, 6.45) is 3.12. The predicted octanol–water partition coefficient (Wildman–Crippen LogP) is 1.48. The number of carbonyl (C=O) groups excluding carboxylic acids is 2. The minimum absolute atomic E-state index is 0.0558. The summed E-state index contributed by atoms with van der Waals surface area (Å²) in [5, 5.41) is 2.86. The molecular formula is C11H19ClN2O3S. The van der Waals surface area contributed by atoms with Crippen LogP contribution in [-0.4, -0.2) is 41.5 Å².